The Morgan fingerprint density at radius 1 is 1.43 bits per heavy atom. The topological polar surface area (TPSA) is 58.4 Å². The molecule has 1 aromatic carbocycles. The van der Waals surface area contributed by atoms with Gasteiger partial charge >= 0.3 is 0 Å². The fourth-order valence-electron chi connectivity index (χ4n) is 2.73. The van der Waals surface area contributed by atoms with E-state index in [9.17, 15) is 4.79 Å². The third-order valence-electron chi connectivity index (χ3n) is 3.86. The summed E-state index contributed by atoms with van der Waals surface area (Å²) in [5, 5.41) is 6.55. The van der Waals surface area contributed by atoms with Crippen LogP contribution in [0.5, 0.6) is 0 Å². The van der Waals surface area contributed by atoms with Crippen LogP contribution in [0.4, 0.5) is 5.82 Å². The summed E-state index contributed by atoms with van der Waals surface area (Å²) in [6.07, 6.45) is 1.15. The van der Waals surface area contributed by atoms with Crippen molar-refractivity contribution in [3.63, 3.8) is 0 Å². The van der Waals surface area contributed by atoms with Crippen LogP contribution in [-0.2, 0) is 4.79 Å². The third-order valence-corrected chi connectivity index (χ3v) is 5.11. The summed E-state index contributed by atoms with van der Waals surface area (Å²) in [5.74, 6) is 2.89. The minimum absolute atomic E-state index is 0.0327. The lowest BCUT2D eigenvalue weighted by Crippen LogP contribution is -2.31. The van der Waals surface area contributed by atoms with Crippen LogP contribution in [0, 0.1) is 12.8 Å². The summed E-state index contributed by atoms with van der Waals surface area (Å²) in [7, 11) is 0. The van der Waals surface area contributed by atoms with E-state index in [1.807, 2.05) is 17.8 Å². The number of hydrogen-bond donors (Lipinski definition) is 1. The van der Waals surface area contributed by atoms with E-state index >= 15 is 0 Å². The van der Waals surface area contributed by atoms with Crippen molar-refractivity contribution in [2.24, 2.45) is 5.92 Å². The number of anilines is 1. The molecule has 0 radical (unpaired) electrons. The van der Waals surface area contributed by atoms with Gasteiger partial charge in [-0.1, -0.05) is 23.4 Å². The van der Waals surface area contributed by atoms with Gasteiger partial charge in [-0.25, -0.2) is 0 Å². The number of carbonyl (C=O) groups excluding carboxylic acids is 1. The number of rotatable bonds is 6. The van der Waals surface area contributed by atoms with Crippen LogP contribution in [-0.4, -0.2) is 41.4 Å². The van der Waals surface area contributed by atoms with Crippen molar-refractivity contribution in [2.75, 3.05) is 30.7 Å². The molecule has 5 nitrogen and oxygen atoms in total. The number of amides is 1. The van der Waals surface area contributed by atoms with Gasteiger partial charge in [0.15, 0.2) is 5.82 Å². The predicted molar refractivity (Wildman–Crippen MR) is 91.6 cm³/mol. The van der Waals surface area contributed by atoms with Crippen LogP contribution < -0.4 is 5.32 Å². The summed E-state index contributed by atoms with van der Waals surface area (Å²) in [5.41, 5.74) is 0. The standard InChI is InChI=1S/C17H21N3O2S/c1-13-9-16(19-22-13)18-17(21)11-20-8-7-14(10-20)12-23-15-5-3-2-4-6-15/h2-6,9,14H,7-8,10-12H2,1H3,(H,18,19,21)/t14-/m0/s1. The second-order valence-electron chi connectivity index (χ2n) is 5.88. The number of thioether (sulfide) groups is 1. The Kier molecular flexibility index (Phi) is 5.35. The molecule has 2 aromatic rings. The first-order chi connectivity index (χ1) is 11.2. The van der Waals surface area contributed by atoms with Gasteiger partial charge in [-0.05, 0) is 37.9 Å². The first-order valence-electron chi connectivity index (χ1n) is 7.82. The molecule has 1 saturated heterocycles. The largest absolute Gasteiger partial charge is 0.360 e. The molecule has 2 heterocycles. The Labute approximate surface area is 140 Å². The maximum atomic E-state index is 12.0. The highest BCUT2D eigenvalue weighted by Gasteiger charge is 2.24. The van der Waals surface area contributed by atoms with Crippen molar-refractivity contribution < 1.29 is 9.32 Å². The molecule has 1 aliphatic rings. The van der Waals surface area contributed by atoms with Crippen LogP contribution >= 0.6 is 11.8 Å². The minimum Gasteiger partial charge on any atom is -0.360 e. The summed E-state index contributed by atoms with van der Waals surface area (Å²) < 4.78 is 4.95. The molecule has 0 spiro atoms. The van der Waals surface area contributed by atoms with E-state index in [1.54, 1.807) is 13.0 Å². The highest BCUT2D eigenvalue weighted by Crippen LogP contribution is 2.25. The van der Waals surface area contributed by atoms with Gasteiger partial charge in [-0.2, -0.15) is 0 Å². The summed E-state index contributed by atoms with van der Waals surface area (Å²) >= 11 is 1.89. The Bertz CT molecular complexity index is 644. The van der Waals surface area contributed by atoms with Crippen molar-refractivity contribution >= 4 is 23.5 Å². The van der Waals surface area contributed by atoms with Gasteiger partial charge < -0.3 is 9.84 Å². The lowest BCUT2D eigenvalue weighted by Gasteiger charge is -2.15. The number of benzene rings is 1. The Morgan fingerprint density at radius 2 is 2.26 bits per heavy atom. The third kappa shape index (κ3) is 4.84. The molecule has 0 bridgehead atoms. The van der Waals surface area contributed by atoms with Gasteiger partial charge in [-0.15, -0.1) is 11.8 Å². The van der Waals surface area contributed by atoms with Crippen molar-refractivity contribution in [3.05, 3.63) is 42.2 Å². The lowest BCUT2D eigenvalue weighted by atomic mass is 10.2. The van der Waals surface area contributed by atoms with Crippen LogP contribution in [0.1, 0.15) is 12.2 Å². The fourth-order valence-corrected chi connectivity index (χ4v) is 3.78. The maximum Gasteiger partial charge on any atom is 0.239 e. The van der Waals surface area contributed by atoms with E-state index in [4.69, 9.17) is 4.52 Å². The van der Waals surface area contributed by atoms with Gasteiger partial charge in [0.25, 0.3) is 0 Å². The van der Waals surface area contributed by atoms with E-state index < -0.39 is 0 Å². The van der Waals surface area contributed by atoms with Crippen LogP contribution in [0.25, 0.3) is 0 Å². The van der Waals surface area contributed by atoms with Gasteiger partial charge in [0.1, 0.15) is 5.76 Å². The van der Waals surface area contributed by atoms with E-state index in [0.29, 0.717) is 24.0 Å². The molecule has 1 aliphatic heterocycles. The molecule has 1 atom stereocenters. The average Bonchev–Trinajstić information content (AvgIpc) is 3.15. The minimum atomic E-state index is -0.0327. The molecule has 3 rings (SSSR count). The number of aromatic nitrogens is 1. The van der Waals surface area contributed by atoms with Crippen molar-refractivity contribution in [3.8, 4) is 0 Å². The van der Waals surface area contributed by atoms with E-state index in [1.165, 1.54) is 4.90 Å². The molecule has 1 aromatic heterocycles. The van der Waals surface area contributed by atoms with Gasteiger partial charge in [-0.3, -0.25) is 9.69 Å². The molecule has 0 saturated carbocycles. The fraction of sp³-hybridized carbons (Fsp3) is 0.412. The number of aryl methyl sites for hydroxylation is 1. The quantitative estimate of drug-likeness (QED) is 0.825. The Balaban J connectivity index is 1.40. The Hall–Kier alpha value is -1.79. The first kappa shape index (κ1) is 16.1. The number of carbonyl (C=O) groups is 1. The molecule has 122 valence electrons. The molecule has 6 heteroatoms. The molecular weight excluding hydrogens is 310 g/mol. The second kappa shape index (κ2) is 7.66. The van der Waals surface area contributed by atoms with Gasteiger partial charge in [0, 0.05) is 23.3 Å². The van der Waals surface area contributed by atoms with Crippen molar-refractivity contribution in [2.45, 2.75) is 18.2 Å². The smallest absolute Gasteiger partial charge is 0.239 e. The molecule has 0 aliphatic carbocycles. The number of nitrogens with zero attached hydrogens (tertiary/aromatic N) is 2. The van der Waals surface area contributed by atoms with Gasteiger partial charge in [0.2, 0.25) is 5.91 Å². The lowest BCUT2D eigenvalue weighted by molar-refractivity contribution is -0.117. The Morgan fingerprint density at radius 3 is 3.00 bits per heavy atom. The summed E-state index contributed by atoms with van der Waals surface area (Å²) in [6, 6.07) is 12.2. The number of nitrogens with one attached hydrogen (secondary N) is 1. The molecule has 1 fully saturated rings. The van der Waals surface area contributed by atoms with Gasteiger partial charge in [0.05, 0.1) is 6.54 Å². The van der Waals surface area contributed by atoms with Crippen LogP contribution in [0.3, 0.4) is 0 Å². The van der Waals surface area contributed by atoms with Crippen LogP contribution in [0.2, 0.25) is 0 Å². The van der Waals surface area contributed by atoms with Crippen molar-refractivity contribution in [1.82, 2.24) is 10.1 Å². The maximum absolute atomic E-state index is 12.0. The SMILES string of the molecule is Cc1cc(NC(=O)CN2CC[C@H](CSc3ccccc3)C2)no1. The zero-order chi connectivity index (χ0) is 16.1. The molecule has 1 N–H and O–H groups in total. The highest BCUT2D eigenvalue weighted by molar-refractivity contribution is 7.99. The second-order valence-corrected chi connectivity index (χ2v) is 6.98. The molecule has 23 heavy (non-hydrogen) atoms. The molecular formula is C17H21N3O2S. The number of hydrogen-bond acceptors (Lipinski definition) is 5. The monoisotopic (exact) mass is 331 g/mol. The zero-order valence-electron chi connectivity index (χ0n) is 13.2. The summed E-state index contributed by atoms with van der Waals surface area (Å²) in [4.78, 5) is 15.5. The zero-order valence-corrected chi connectivity index (χ0v) is 14.0. The normalized spacial score (nSPS) is 18.2. The van der Waals surface area contributed by atoms with E-state index in [-0.39, 0.29) is 5.91 Å². The van der Waals surface area contributed by atoms with E-state index in [2.05, 4.69) is 39.6 Å². The predicted octanol–water partition coefficient (Wildman–Crippen LogP) is 3.04. The molecule has 1 amide bonds. The summed E-state index contributed by atoms with van der Waals surface area (Å²) in [6.45, 7) is 4.17. The average molecular weight is 331 g/mol. The first-order valence-corrected chi connectivity index (χ1v) is 8.81. The molecule has 0 unspecified atom stereocenters. The number of likely N-dealkylation sites (tertiary alicyclic amines) is 1. The van der Waals surface area contributed by atoms with E-state index in [0.717, 1.165) is 25.3 Å². The van der Waals surface area contributed by atoms with Crippen molar-refractivity contribution in [1.29, 1.82) is 0 Å². The van der Waals surface area contributed by atoms with Crippen LogP contribution in [0.15, 0.2) is 45.8 Å². The highest BCUT2D eigenvalue weighted by atomic mass is 32.2.